The number of benzene rings is 1. The summed E-state index contributed by atoms with van der Waals surface area (Å²) >= 11 is 0. The van der Waals surface area contributed by atoms with E-state index in [0.29, 0.717) is 12.5 Å². The molecule has 0 saturated heterocycles. The molecule has 2 aromatic rings. The maximum absolute atomic E-state index is 5.59. The molecule has 0 aliphatic heterocycles. The Balaban J connectivity index is 2.54. The number of aromatic nitrogens is 2. The van der Waals surface area contributed by atoms with E-state index in [4.69, 9.17) is 10.5 Å². The van der Waals surface area contributed by atoms with Crippen molar-refractivity contribution in [1.29, 1.82) is 0 Å². The van der Waals surface area contributed by atoms with Crippen molar-refractivity contribution in [1.82, 2.24) is 9.97 Å². The molecular formula is C15H21N3O. The molecule has 0 unspecified atom stereocenters. The molecule has 102 valence electrons. The van der Waals surface area contributed by atoms with Crippen LogP contribution in [0.15, 0.2) is 18.3 Å². The molecule has 0 saturated carbocycles. The standard InChI is InChI=1S/C15H21N3O/c1-9(2)11-6-12(10(3)5-14(11)19-4)13-8-17-15(7-16)18-13/h5-6,8-9H,7,16H2,1-4H3,(H,17,18). The van der Waals surface area contributed by atoms with Crippen LogP contribution < -0.4 is 10.5 Å². The summed E-state index contributed by atoms with van der Waals surface area (Å²) in [6.45, 7) is 6.82. The first-order valence-electron chi connectivity index (χ1n) is 6.49. The van der Waals surface area contributed by atoms with Gasteiger partial charge in [-0.2, -0.15) is 0 Å². The largest absolute Gasteiger partial charge is 0.496 e. The molecule has 4 heteroatoms. The summed E-state index contributed by atoms with van der Waals surface area (Å²) in [7, 11) is 1.71. The summed E-state index contributed by atoms with van der Waals surface area (Å²) in [6, 6.07) is 4.25. The monoisotopic (exact) mass is 259 g/mol. The average molecular weight is 259 g/mol. The molecule has 0 radical (unpaired) electrons. The molecule has 3 N–H and O–H groups in total. The topological polar surface area (TPSA) is 63.9 Å². The Labute approximate surface area is 114 Å². The van der Waals surface area contributed by atoms with Crippen LogP contribution in [0.5, 0.6) is 5.75 Å². The first-order valence-corrected chi connectivity index (χ1v) is 6.49. The predicted molar refractivity (Wildman–Crippen MR) is 77.3 cm³/mol. The van der Waals surface area contributed by atoms with Crippen molar-refractivity contribution in [3.05, 3.63) is 35.3 Å². The number of rotatable bonds is 4. The zero-order chi connectivity index (χ0) is 14.0. The van der Waals surface area contributed by atoms with Gasteiger partial charge in [-0.05, 0) is 36.1 Å². The number of methoxy groups -OCH3 is 1. The van der Waals surface area contributed by atoms with Crippen LogP contribution in [0.3, 0.4) is 0 Å². The highest BCUT2D eigenvalue weighted by Crippen LogP contribution is 2.33. The van der Waals surface area contributed by atoms with Crippen molar-refractivity contribution in [3.63, 3.8) is 0 Å². The second-order valence-electron chi connectivity index (χ2n) is 5.01. The Kier molecular flexibility index (Phi) is 3.90. The number of imidazole rings is 1. The van der Waals surface area contributed by atoms with Crippen molar-refractivity contribution in [2.45, 2.75) is 33.2 Å². The lowest BCUT2D eigenvalue weighted by molar-refractivity contribution is 0.407. The van der Waals surface area contributed by atoms with Gasteiger partial charge in [-0.15, -0.1) is 0 Å². The van der Waals surface area contributed by atoms with E-state index >= 15 is 0 Å². The second kappa shape index (κ2) is 5.45. The minimum absolute atomic E-state index is 0.409. The van der Waals surface area contributed by atoms with Gasteiger partial charge in [-0.1, -0.05) is 13.8 Å². The summed E-state index contributed by atoms with van der Waals surface area (Å²) < 4.78 is 5.46. The van der Waals surface area contributed by atoms with E-state index in [1.807, 2.05) is 6.20 Å². The molecule has 2 rings (SSSR count). The molecule has 4 nitrogen and oxygen atoms in total. The third-order valence-electron chi connectivity index (χ3n) is 3.31. The first-order chi connectivity index (χ1) is 9.06. The van der Waals surface area contributed by atoms with Gasteiger partial charge in [0, 0.05) is 5.56 Å². The molecule has 1 aromatic heterocycles. The number of ether oxygens (including phenoxy) is 1. The van der Waals surface area contributed by atoms with Crippen LogP contribution in [0.4, 0.5) is 0 Å². The Morgan fingerprint density at radius 3 is 2.63 bits per heavy atom. The normalized spacial score (nSPS) is 11.1. The lowest BCUT2D eigenvalue weighted by atomic mass is 9.95. The Hall–Kier alpha value is -1.81. The van der Waals surface area contributed by atoms with Gasteiger partial charge in [-0.3, -0.25) is 0 Å². The Morgan fingerprint density at radius 1 is 1.37 bits per heavy atom. The number of hydrogen-bond donors (Lipinski definition) is 2. The second-order valence-corrected chi connectivity index (χ2v) is 5.01. The van der Waals surface area contributed by atoms with Crippen LogP contribution in [0.2, 0.25) is 0 Å². The number of hydrogen-bond acceptors (Lipinski definition) is 3. The van der Waals surface area contributed by atoms with Crippen LogP contribution in [0, 0.1) is 6.92 Å². The smallest absolute Gasteiger partial charge is 0.122 e. The fourth-order valence-electron chi connectivity index (χ4n) is 2.22. The summed E-state index contributed by atoms with van der Waals surface area (Å²) in [4.78, 5) is 7.50. The number of aryl methyl sites for hydroxylation is 1. The van der Waals surface area contributed by atoms with Gasteiger partial charge in [0.2, 0.25) is 0 Å². The highest BCUT2D eigenvalue weighted by atomic mass is 16.5. The predicted octanol–water partition coefficient (Wildman–Crippen LogP) is 2.98. The first kappa shape index (κ1) is 13.6. The van der Waals surface area contributed by atoms with Crippen molar-refractivity contribution in [2.75, 3.05) is 7.11 Å². The van der Waals surface area contributed by atoms with Gasteiger partial charge >= 0.3 is 0 Å². The lowest BCUT2D eigenvalue weighted by Crippen LogP contribution is -1.99. The SMILES string of the molecule is COc1cc(C)c(-c2cnc(CN)[nH]2)cc1C(C)C. The number of nitrogens with zero attached hydrogens (tertiary/aromatic N) is 1. The number of nitrogens with two attached hydrogens (primary N) is 1. The van der Waals surface area contributed by atoms with Crippen LogP contribution in [0.25, 0.3) is 11.3 Å². The van der Waals surface area contributed by atoms with Crippen molar-refractivity contribution < 1.29 is 4.74 Å². The molecule has 1 aromatic carbocycles. The number of nitrogens with one attached hydrogen (secondary N) is 1. The molecule has 1 heterocycles. The molecule has 0 aliphatic rings. The summed E-state index contributed by atoms with van der Waals surface area (Å²) in [5.41, 5.74) is 10.1. The van der Waals surface area contributed by atoms with E-state index in [2.05, 4.69) is 42.9 Å². The van der Waals surface area contributed by atoms with E-state index in [1.54, 1.807) is 7.11 Å². The van der Waals surface area contributed by atoms with Crippen molar-refractivity contribution in [2.24, 2.45) is 5.73 Å². The molecule has 19 heavy (non-hydrogen) atoms. The zero-order valence-electron chi connectivity index (χ0n) is 11.9. The summed E-state index contributed by atoms with van der Waals surface area (Å²) in [5, 5.41) is 0. The Bertz CT molecular complexity index is 573. The number of H-pyrrole nitrogens is 1. The average Bonchev–Trinajstić information content (AvgIpc) is 2.86. The van der Waals surface area contributed by atoms with Crippen LogP contribution in [-0.2, 0) is 6.54 Å². The number of aromatic amines is 1. The van der Waals surface area contributed by atoms with E-state index in [0.717, 1.165) is 28.4 Å². The minimum atomic E-state index is 0.409. The van der Waals surface area contributed by atoms with Crippen molar-refractivity contribution >= 4 is 0 Å². The van der Waals surface area contributed by atoms with Crippen LogP contribution in [0.1, 0.15) is 36.7 Å². The minimum Gasteiger partial charge on any atom is -0.496 e. The highest BCUT2D eigenvalue weighted by molar-refractivity contribution is 5.66. The summed E-state index contributed by atoms with van der Waals surface area (Å²) in [6.07, 6.45) is 1.83. The van der Waals surface area contributed by atoms with Gasteiger partial charge in [0.15, 0.2) is 0 Å². The molecule has 0 spiro atoms. The van der Waals surface area contributed by atoms with E-state index in [9.17, 15) is 0 Å². The molecule has 0 aliphatic carbocycles. The molecule has 0 atom stereocenters. The molecule has 0 amide bonds. The molecule has 0 bridgehead atoms. The fourth-order valence-corrected chi connectivity index (χ4v) is 2.22. The Morgan fingerprint density at radius 2 is 2.11 bits per heavy atom. The maximum atomic E-state index is 5.59. The molecular weight excluding hydrogens is 238 g/mol. The third-order valence-corrected chi connectivity index (χ3v) is 3.31. The van der Waals surface area contributed by atoms with Gasteiger partial charge < -0.3 is 15.5 Å². The van der Waals surface area contributed by atoms with Crippen LogP contribution >= 0.6 is 0 Å². The van der Waals surface area contributed by atoms with Crippen molar-refractivity contribution in [3.8, 4) is 17.0 Å². The van der Waals surface area contributed by atoms with Gasteiger partial charge in [0.1, 0.15) is 11.6 Å². The van der Waals surface area contributed by atoms with Crippen LogP contribution in [-0.4, -0.2) is 17.1 Å². The van der Waals surface area contributed by atoms with Gasteiger partial charge in [0.05, 0.1) is 25.5 Å². The van der Waals surface area contributed by atoms with E-state index < -0.39 is 0 Å². The van der Waals surface area contributed by atoms with Gasteiger partial charge in [0.25, 0.3) is 0 Å². The third kappa shape index (κ3) is 2.63. The van der Waals surface area contributed by atoms with E-state index in [-0.39, 0.29) is 0 Å². The summed E-state index contributed by atoms with van der Waals surface area (Å²) in [5.74, 6) is 2.15. The van der Waals surface area contributed by atoms with Gasteiger partial charge in [-0.25, -0.2) is 4.98 Å². The maximum Gasteiger partial charge on any atom is 0.122 e. The zero-order valence-corrected chi connectivity index (χ0v) is 11.9. The lowest BCUT2D eigenvalue weighted by Gasteiger charge is -2.15. The quantitative estimate of drug-likeness (QED) is 0.887. The highest BCUT2D eigenvalue weighted by Gasteiger charge is 2.13. The van der Waals surface area contributed by atoms with E-state index in [1.165, 1.54) is 5.56 Å². The fraction of sp³-hybridized carbons (Fsp3) is 0.400. The molecule has 0 fully saturated rings.